The first-order chi connectivity index (χ1) is 9.43. The molecule has 2 heterocycles. The number of rotatable bonds is 5. The van der Waals surface area contributed by atoms with E-state index in [-0.39, 0.29) is 0 Å². The minimum absolute atomic E-state index is 0.531. The summed E-state index contributed by atoms with van der Waals surface area (Å²) in [5, 5.41) is 0.531. The van der Waals surface area contributed by atoms with Crippen molar-refractivity contribution in [3.63, 3.8) is 0 Å². The maximum Gasteiger partial charge on any atom is 0.123 e. The van der Waals surface area contributed by atoms with Crippen molar-refractivity contribution in [3.05, 3.63) is 29.8 Å². The lowest BCUT2D eigenvalue weighted by molar-refractivity contribution is 0.286. The molecule has 0 radical (unpaired) electrons. The molecule has 1 fully saturated rings. The molecule has 1 aromatic carbocycles. The van der Waals surface area contributed by atoms with Gasteiger partial charge in [0.05, 0.1) is 11.9 Å². The van der Waals surface area contributed by atoms with Gasteiger partial charge in [0.2, 0.25) is 0 Å². The summed E-state index contributed by atoms with van der Waals surface area (Å²) in [6, 6.07) is 8.42. The molecule has 0 saturated carbocycles. The second-order valence-corrected chi connectivity index (χ2v) is 6.32. The van der Waals surface area contributed by atoms with Crippen LogP contribution in [0.25, 0.3) is 0 Å². The fraction of sp³-hybridized carbons (Fsp3) is 0.600. The lowest BCUT2D eigenvalue weighted by Gasteiger charge is -2.25. The molecule has 3 rings (SSSR count). The first-order valence-corrected chi connectivity index (χ1v) is 8.14. The van der Waals surface area contributed by atoms with Gasteiger partial charge in [-0.2, -0.15) is 0 Å². The average molecular weight is 278 g/mol. The number of nitrogens with one attached hydrogen (secondary N) is 1. The zero-order valence-electron chi connectivity index (χ0n) is 11.3. The molecule has 1 N–H and O–H groups in total. The van der Waals surface area contributed by atoms with E-state index < -0.39 is 0 Å². The Bertz CT molecular complexity index is 407. The Morgan fingerprint density at radius 2 is 2.11 bits per heavy atom. The monoisotopic (exact) mass is 278 g/mol. The number of hydrogen-bond acceptors (Lipinski definition) is 4. The highest BCUT2D eigenvalue weighted by Gasteiger charge is 2.21. The summed E-state index contributed by atoms with van der Waals surface area (Å²) < 4.78 is 9.23. The van der Waals surface area contributed by atoms with E-state index >= 15 is 0 Å². The molecule has 1 unspecified atom stereocenters. The van der Waals surface area contributed by atoms with Gasteiger partial charge >= 0.3 is 0 Å². The first-order valence-electron chi connectivity index (χ1n) is 7.26. The summed E-state index contributed by atoms with van der Waals surface area (Å²) in [5.74, 6) is 1.06. The maximum atomic E-state index is 5.69. The van der Waals surface area contributed by atoms with E-state index in [9.17, 15) is 0 Å². The van der Waals surface area contributed by atoms with Gasteiger partial charge < -0.3 is 9.64 Å². The summed E-state index contributed by atoms with van der Waals surface area (Å²) in [5.41, 5.74) is 1.34. The van der Waals surface area contributed by atoms with E-state index in [2.05, 4.69) is 27.8 Å². The molecule has 4 heteroatoms. The molecule has 2 aliphatic rings. The van der Waals surface area contributed by atoms with Crippen LogP contribution in [0, 0.1) is 0 Å². The first kappa shape index (κ1) is 13.3. The van der Waals surface area contributed by atoms with Crippen molar-refractivity contribution in [2.24, 2.45) is 0 Å². The predicted octanol–water partition coefficient (Wildman–Crippen LogP) is 2.84. The van der Waals surface area contributed by atoms with Crippen LogP contribution < -0.4 is 9.46 Å². The van der Waals surface area contributed by atoms with E-state index in [0.717, 1.165) is 25.3 Å². The van der Waals surface area contributed by atoms with E-state index in [4.69, 9.17) is 4.74 Å². The van der Waals surface area contributed by atoms with Crippen LogP contribution in [0.1, 0.15) is 30.1 Å². The van der Waals surface area contributed by atoms with Crippen LogP contribution in [0.15, 0.2) is 24.3 Å². The Morgan fingerprint density at radius 3 is 3.00 bits per heavy atom. The summed E-state index contributed by atoms with van der Waals surface area (Å²) in [7, 11) is 0. The van der Waals surface area contributed by atoms with E-state index in [1.165, 1.54) is 38.0 Å². The van der Waals surface area contributed by atoms with Crippen LogP contribution in [-0.2, 0) is 0 Å². The molecular weight excluding hydrogens is 256 g/mol. The minimum Gasteiger partial charge on any atom is -0.493 e. The molecule has 1 atom stereocenters. The minimum atomic E-state index is 0.531. The van der Waals surface area contributed by atoms with Crippen LogP contribution in [0.2, 0.25) is 0 Å². The van der Waals surface area contributed by atoms with E-state index in [1.807, 2.05) is 18.0 Å². The number of benzene rings is 1. The summed E-state index contributed by atoms with van der Waals surface area (Å²) >= 11 is 1.87. The van der Waals surface area contributed by atoms with Crippen molar-refractivity contribution in [3.8, 4) is 5.75 Å². The molecule has 2 aliphatic heterocycles. The molecule has 0 amide bonds. The molecule has 1 saturated heterocycles. The second kappa shape index (κ2) is 6.64. The number of likely N-dealkylation sites (tertiary alicyclic amines) is 1. The molecule has 0 bridgehead atoms. The van der Waals surface area contributed by atoms with E-state index in [1.54, 1.807) is 0 Å². The topological polar surface area (TPSA) is 24.5 Å². The van der Waals surface area contributed by atoms with Gasteiger partial charge in [0.15, 0.2) is 0 Å². The number of para-hydroxylation sites is 1. The lowest BCUT2D eigenvalue weighted by Crippen LogP contribution is -2.28. The third kappa shape index (κ3) is 3.44. The Kier molecular flexibility index (Phi) is 4.64. The van der Waals surface area contributed by atoms with E-state index in [0.29, 0.717) is 5.25 Å². The van der Waals surface area contributed by atoms with Gasteiger partial charge in [0.1, 0.15) is 5.75 Å². The Hall–Kier alpha value is -0.710. The van der Waals surface area contributed by atoms with Crippen LogP contribution in [0.3, 0.4) is 0 Å². The molecule has 0 aliphatic carbocycles. The molecule has 1 aromatic rings. The summed E-state index contributed by atoms with van der Waals surface area (Å²) in [4.78, 5) is 2.55. The highest BCUT2D eigenvalue weighted by atomic mass is 32.2. The van der Waals surface area contributed by atoms with Gasteiger partial charge in [0, 0.05) is 18.7 Å². The normalized spacial score (nSPS) is 23.1. The molecule has 19 heavy (non-hydrogen) atoms. The highest BCUT2D eigenvalue weighted by Crippen LogP contribution is 2.39. The third-order valence-electron chi connectivity index (χ3n) is 3.86. The second-order valence-electron chi connectivity index (χ2n) is 5.22. The van der Waals surface area contributed by atoms with Crippen molar-refractivity contribution < 1.29 is 4.74 Å². The van der Waals surface area contributed by atoms with Crippen molar-refractivity contribution in [1.82, 2.24) is 9.62 Å². The highest BCUT2D eigenvalue weighted by molar-refractivity contribution is 7.97. The molecule has 3 nitrogen and oxygen atoms in total. The third-order valence-corrected chi connectivity index (χ3v) is 5.00. The van der Waals surface area contributed by atoms with Gasteiger partial charge in [-0.1, -0.05) is 30.1 Å². The number of ether oxygens (including phenoxy) is 1. The van der Waals surface area contributed by atoms with Crippen molar-refractivity contribution in [2.75, 3.05) is 32.8 Å². The van der Waals surface area contributed by atoms with Crippen LogP contribution >= 0.6 is 11.9 Å². The average Bonchev–Trinajstić information content (AvgIpc) is 2.97. The van der Waals surface area contributed by atoms with Gasteiger partial charge in [-0.25, -0.2) is 0 Å². The molecule has 104 valence electrons. The predicted molar refractivity (Wildman–Crippen MR) is 80.6 cm³/mol. The van der Waals surface area contributed by atoms with Gasteiger partial charge in [-0.3, -0.25) is 4.72 Å². The van der Waals surface area contributed by atoms with Crippen molar-refractivity contribution in [2.45, 2.75) is 24.5 Å². The lowest BCUT2D eigenvalue weighted by atomic mass is 10.1. The fourth-order valence-corrected chi connectivity index (χ4v) is 3.75. The zero-order chi connectivity index (χ0) is 12.9. The van der Waals surface area contributed by atoms with Crippen LogP contribution in [-0.4, -0.2) is 37.7 Å². The van der Waals surface area contributed by atoms with Crippen molar-refractivity contribution >= 4 is 11.9 Å². The zero-order valence-corrected chi connectivity index (χ0v) is 12.1. The largest absolute Gasteiger partial charge is 0.493 e. The Labute approximate surface area is 119 Å². The summed E-state index contributed by atoms with van der Waals surface area (Å²) in [6.45, 7) is 5.66. The molecule has 0 spiro atoms. The van der Waals surface area contributed by atoms with Gasteiger partial charge in [0.25, 0.3) is 0 Å². The SMILES string of the molecule is c1ccc2c(c1)OCCC2SNCCN1CCCC1. The molecule has 0 aromatic heterocycles. The standard InChI is InChI=1S/C15H22N2OS/c1-2-6-14-13(5-1)15(7-12-18-14)19-16-8-11-17-9-3-4-10-17/h1-2,5-6,15-16H,3-4,7-12H2. The smallest absolute Gasteiger partial charge is 0.123 e. The van der Waals surface area contributed by atoms with Gasteiger partial charge in [-0.15, -0.1) is 0 Å². The number of hydrogen-bond donors (Lipinski definition) is 1. The van der Waals surface area contributed by atoms with Crippen molar-refractivity contribution in [1.29, 1.82) is 0 Å². The number of nitrogens with zero attached hydrogens (tertiary/aromatic N) is 1. The van der Waals surface area contributed by atoms with Crippen LogP contribution in [0.4, 0.5) is 0 Å². The number of fused-ring (bicyclic) bond motifs is 1. The Balaban J connectivity index is 1.45. The van der Waals surface area contributed by atoms with Gasteiger partial charge in [-0.05, 0) is 38.4 Å². The fourth-order valence-electron chi connectivity index (χ4n) is 2.80. The summed E-state index contributed by atoms with van der Waals surface area (Å²) in [6.07, 6.45) is 3.85. The quantitative estimate of drug-likeness (QED) is 0.661. The Morgan fingerprint density at radius 1 is 1.26 bits per heavy atom. The van der Waals surface area contributed by atoms with Crippen LogP contribution in [0.5, 0.6) is 5.75 Å². The maximum absolute atomic E-state index is 5.69. The molecular formula is C15H22N2OS.